The Hall–Kier alpha value is -0.203. The van der Waals surface area contributed by atoms with Crippen LogP contribution in [0.4, 0.5) is 0 Å². The van der Waals surface area contributed by atoms with Crippen LogP contribution >= 0.6 is 15.9 Å². The summed E-state index contributed by atoms with van der Waals surface area (Å²) in [6.07, 6.45) is 0.133. The van der Waals surface area contributed by atoms with Crippen LogP contribution in [0.2, 0.25) is 0 Å². The molecule has 114 valence electrons. The molecule has 0 aliphatic carbocycles. The van der Waals surface area contributed by atoms with E-state index >= 15 is 0 Å². The van der Waals surface area contributed by atoms with Crippen molar-refractivity contribution in [1.29, 1.82) is 0 Å². The number of benzene rings is 1. The van der Waals surface area contributed by atoms with Crippen LogP contribution in [-0.4, -0.2) is 27.1 Å². The van der Waals surface area contributed by atoms with Gasteiger partial charge in [-0.05, 0) is 53.7 Å². The average molecular weight is 361 g/mol. The minimum absolute atomic E-state index is 0.0443. The molecule has 0 fully saturated rings. The highest BCUT2D eigenvalue weighted by atomic mass is 79.9. The fourth-order valence-corrected chi connectivity index (χ4v) is 5.15. The van der Waals surface area contributed by atoms with Crippen molar-refractivity contribution >= 4 is 29.9 Å². The highest BCUT2D eigenvalue weighted by Gasteiger charge is 2.46. The van der Waals surface area contributed by atoms with Gasteiger partial charge in [0.15, 0.2) is 0 Å². The Morgan fingerprint density at radius 2 is 1.10 bits per heavy atom. The van der Waals surface area contributed by atoms with Crippen LogP contribution in [0.5, 0.6) is 0 Å². The van der Waals surface area contributed by atoms with E-state index in [4.69, 9.17) is 13.3 Å². The first kappa shape index (κ1) is 17.8. The van der Waals surface area contributed by atoms with Crippen molar-refractivity contribution in [2.45, 2.75) is 59.9 Å². The van der Waals surface area contributed by atoms with Gasteiger partial charge in [-0.1, -0.05) is 28.1 Å². The zero-order chi connectivity index (χ0) is 15.3. The topological polar surface area (TPSA) is 27.7 Å². The molecule has 1 aromatic carbocycles. The van der Waals surface area contributed by atoms with Crippen LogP contribution in [0.25, 0.3) is 0 Å². The predicted octanol–water partition coefficient (Wildman–Crippen LogP) is 3.87. The smallest absolute Gasteiger partial charge is 0.367 e. The van der Waals surface area contributed by atoms with Crippen LogP contribution in [0.3, 0.4) is 0 Å². The summed E-state index contributed by atoms with van der Waals surface area (Å²) in [7, 11) is -2.90. The van der Waals surface area contributed by atoms with Crippen molar-refractivity contribution in [3.8, 4) is 0 Å². The maximum atomic E-state index is 6.16. The van der Waals surface area contributed by atoms with E-state index < -0.39 is 8.80 Å². The Balaban J connectivity index is 3.22. The van der Waals surface area contributed by atoms with Crippen molar-refractivity contribution in [2.24, 2.45) is 0 Å². The van der Waals surface area contributed by atoms with Crippen LogP contribution in [0, 0.1) is 0 Å². The molecule has 1 rings (SSSR count). The van der Waals surface area contributed by atoms with Gasteiger partial charge in [-0.15, -0.1) is 0 Å². The summed E-state index contributed by atoms with van der Waals surface area (Å²) in [5.74, 6) is 0. The molecule has 0 aliphatic heterocycles. The lowest BCUT2D eigenvalue weighted by Gasteiger charge is -2.34. The Bertz CT molecular complexity index is 378. The minimum Gasteiger partial charge on any atom is -0.367 e. The first-order valence-electron chi connectivity index (χ1n) is 7.04. The first-order chi connectivity index (χ1) is 9.25. The maximum Gasteiger partial charge on any atom is 0.537 e. The third-order valence-corrected chi connectivity index (χ3v) is 6.28. The maximum absolute atomic E-state index is 6.16. The lowest BCUT2D eigenvalue weighted by atomic mass is 10.4. The average Bonchev–Trinajstić information content (AvgIpc) is 2.26. The van der Waals surface area contributed by atoms with Crippen molar-refractivity contribution in [3.63, 3.8) is 0 Å². The number of halogens is 1. The molecule has 0 aliphatic rings. The van der Waals surface area contributed by atoms with Gasteiger partial charge in [0.25, 0.3) is 0 Å². The number of hydrogen-bond donors (Lipinski definition) is 0. The highest BCUT2D eigenvalue weighted by Crippen LogP contribution is 2.19. The van der Waals surface area contributed by atoms with Crippen molar-refractivity contribution in [1.82, 2.24) is 0 Å². The fraction of sp³-hybridized carbons (Fsp3) is 0.600. The molecular weight excluding hydrogens is 336 g/mol. The molecule has 0 spiro atoms. The van der Waals surface area contributed by atoms with Gasteiger partial charge >= 0.3 is 8.80 Å². The second-order valence-electron chi connectivity index (χ2n) is 5.56. The molecule has 0 radical (unpaired) electrons. The Morgan fingerprint density at radius 1 is 0.750 bits per heavy atom. The molecular formula is C15H25BrO3Si. The first-order valence-corrected chi connectivity index (χ1v) is 9.56. The SMILES string of the molecule is CC(C)O[Si](OC(C)C)(OC(C)C)c1ccc(Br)cc1. The molecule has 5 heteroatoms. The second kappa shape index (κ2) is 7.71. The van der Waals surface area contributed by atoms with E-state index in [0.29, 0.717) is 0 Å². The molecule has 0 saturated carbocycles. The van der Waals surface area contributed by atoms with Crippen molar-refractivity contribution in [2.75, 3.05) is 0 Å². The predicted molar refractivity (Wildman–Crippen MR) is 88.2 cm³/mol. The standard InChI is InChI=1S/C15H25BrO3Si/c1-11(2)17-20(18-12(3)4,19-13(5)6)15-9-7-14(16)8-10-15/h7-13H,1-6H3. The second-order valence-corrected chi connectivity index (χ2v) is 8.88. The zero-order valence-electron chi connectivity index (χ0n) is 13.1. The molecule has 1 aromatic rings. The quantitative estimate of drug-likeness (QED) is 0.690. The van der Waals surface area contributed by atoms with Crippen molar-refractivity contribution < 1.29 is 13.3 Å². The van der Waals surface area contributed by atoms with E-state index in [1.165, 1.54) is 0 Å². The van der Waals surface area contributed by atoms with Gasteiger partial charge in [0, 0.05) is 28.0 Å². The van der Waals surface area contributed by atoms with Crippen molar-refractivity contribution in [3.05, 3.63) is 28.7 Å². The van der Waals surface area contributed by atoms with E-state index in [2.05, 4.69) is 15.9 Å². The Kier molecular flexibility index (Phi) is 6.88. The van der Waals surface area contributed by atoms with E-state index in [0.717, 1.165) is 9.66 Å². The summed E-state index contributed by atoms with van der Waals surface area (Å²) in [6, 6.07) is 8.02. The van der Waals surface area contributed by atoms with Gasteiger partial charge in [-0.3, -0.25) is 0 Å². The van der Waals surface area contributed by atoms with Gasteiger partial charge < -0.3 is 13.3 Å². The molecule has 0 unspecified atom stereocenters. The van der Waals surface area contributed by atoms with E-state index in [9.17, 15) is 0 Å². The van der Waals surface area contributed by atoms with Gasteiger partial charge in [-0.2, -0.15) is 0 Å². The molecule has 0 aromatic heterocycles. The van der Waals surface area contributed by atoms with Gasteiger partial charge in [0.2, 0.25) is 0 Å². The number of hydrogen-bond acceptors (Lipinski definition) is 3. The minimum atomic E-state index is -2.90. The largest absolute Gasteiger partial charge is 0.537 e. The van der Waals surface area contributed by atoms with E-state index in [1.54, 1.807) is 0 Å². The highest BCUT2D eigenvalue weighted by molar-refractivity contribution is 9.10. The van der Waals surface area contributed by atoms with E-state index in [-0.39, 0.29) is 18.3 Å². The molecule has 3 nitrogen and oxygen atoms in total. The normalized spacial score (nSPS) is 12.7. The monoisotopic (exact) mass is 360 g/mol. The van der Waals surface area contributed by atoms with E-state index in [1.807, 2.05) is 65.8 Å². The molecule has 0 heterocycles. The van der Waals surface area contributed by atoms with Gasteiger partial charge in [0.05, 0.1) is 0 Å². The summed E-state index contributed by atoms with van der Waals surface area (Å²) in [5.41, 5.74) is 0. The summed E-state index contributed by atoms with van der Waals surface area (Å²) in [5, 5.41) is 0.997. The summed E-state index contributed by atoms with van der Waals surface area (Å²) in [4.78, 5) is 0. The lowest BCUT2D eigenvalue weighted by Crippen LogP contribution is -2.60. The summed E-state index contributed by atoms with van der Waals surface area (Å²) >= 11 is 3.46. The summed E-state index contributed by atoms with van der Waals surface area (Å²) in [6.45, 7) is 12.0. The number of rotatable bonds is 7. The molecule has 0 N–H and O–H groups in total. The molecule has 0 bridgehead atoms. The third kappa shape index (κ3) is 5.29. The van der Waals surface area contributed by atoms with Gasteiger partial charge in [-0.25, -0.2) is 0 Å². The fourth-order valence-electron chi connectivity index (χ4n) is 1.87. The van der Waals surface area contributed by atoms with Crippen LogP contribution in [0.15, 0.2) is 28.7 Å². The third-order valence-electron chi connectivity index (χ3n) is 2.37. The Labute approximate surface area is 132 Å². The van der Waals surface area contributed by atoms with Crippen LogP contribution in [0.1, 0.15) is 41.5 Å². The molecule has 0 atom stereocenters. The Morgan fingerprint density at radius 3 is 1.40 bits per heavy atom. The molecule has 0 saturated heterocycles. The zero-order valence-corrected chi connectivity index (χ0v) is 15.7. The lowest BCUT2D eigenvalue weighted by molar-refractivity contribution is 0.0153. The van der Waals surface area contributed by atoms with Crippen LogP contribution < -0.4 is 5.19 Å². The van der Waals surface area contributed by atoms with Gasteiger partial charge in [0.1, 0.15) is 0 Å². The van der Waals surface area contributed by atoms with Crippen LogP contribution in [-0.2, 0) is 13.3 Å². The summed E-state index contributed by atoms with van der Waals surface area (Å²) < 4.78 is 19.5. The molecule has 20 heavy (non-hydrogen) atoms. The molecule has 0 amide bonds.